The molecule has 0 aliphatic carbocycles. The Morgan fingerprint density at radius 1 is 0.947 bits per heavy atom. The van der Waals surface area contributed by atoms with Gasteiger partial charge in [0.15, 0.2) is 0 Å². The van der Waals surface area contributed by atoms with E-state index in [1.165, 1.54) is 4.90 Å². The second-order valence-electron chi connectivity index (χ2n) is 9.27. The van der Waals surface area contributed by atoms with Gasteiger partial charge in [-0.25, -0.2) is 8.42 Å². The molecule has 0 bridgehead atoms. The zero-order valence-electron chi connectivity index (χ0n) is 21.5. The molecule has 1 atom stereocenters. The predicted molar refractivity (Wildman–Crippen MR) is 161 cm³/mol. The number of benzene rings is 3. The molecule has 7 nitrogen and oxygen atoms in total. The smallest absolute Gasteiger partial charge is 0.244 e. The van der Waals surface area contributed by atoms with Crippen molar-refractivity contribution in [3.05, 3.63) is 98.6 Å². The van der Waals surface area contributed by atoms with Gasteiger partial charge >= 0.3 is 0 Å². The molecule has 0 spiro atoms. The second kappa shape index (κ2) is 13.4. The highest BCUT2D eigenvalue weighted by Crippen LogP contribution is 2.22. The van der Waals surface area contributed by atoms with Crippen LogP contribution < -0.4 is 9.62 Å². The average Bonchev–Trinajstić information content (AvgIpc) is 2.85. The van der Waals surface area contributed by atoms with Crippen LogP contribution in [0.4, 0.5) is 5.69 Å². The fourth-order valence-electron chi connectivity index (χ4n) is 3.99. The predicted octanol–water partition coefficient (Wildman–Crippen LogP) is 4.88. The van der Waals surface area contributed by atoms with Crippen molar-refractivity contribution < 1.29 is 18.0 Å². The number of rotatable bonds is 11. The van der Waals surface area contributed by atoms with Gasteiger partial charge in [0, 0.05) is 27.6 Å². The highest BCUT2D eigenvalue weighted by Gasteiger charge is 2.33. The van der Waals surface area contributed by atoms with Crippen LogP contribution in [0.2, 0.25) is 5.02 Å². The first-order chi connectivity index (χ1) is 17.9. The lowest BCUT2D eigenvalue weighted by Gasteiger charge is -2.34. The number of carbonyl (C=O) groups is 2. The molecule has 202 valence electrons. The van der Waals surface area contributed by atoms with Crippen molar-refractivity contribution >= 4 is 61.7 Å². The lowest BCUT2D eigenvalue weighted by atomic mass is 10.0. The van der Waals surface area contributed by atoms with Gasteiger partial charge in [-0.1, -0.05) is 54.1 Å². The fraction of sp³-hybridized carbons (Fsp3) is 0.286. The summed E-state index contributed by atoms with van der Waals surface area (Å²) >= 11 is 8.34. The van der Waals surface area contributed by atoms with Crippen LogP contribution in [-0.2, 0) is 32.6 Å². The average molecular weight is 668 g/mol. The maximum Gasteiger partial charge on any atom is 0.244 e. The van der Waals surface area contributed by atoms with E-state index in [1.807, 2.05) is 50.2 Å². The van der Waals surface area contributed by atoms with E-state index in [1.54, 1.807) is 42.5 Å². The summed E-state index contributed by atoms with van der Waals surface area (Å²) in [6.07, 6.45) is 1.32. The zero-order valence-corrected chi connectivity index (χ0v) is 25.2. The summed E-state index contributed by atoms with van der Waals surface area (Å²) < 4.78 is 27.5. The number of carbonyl (C=O) groups excluding carboxylic acids is 2. The van der Waals surface area contributed by atoms with E-state index < -0.39 is 28.5 Å². The minimum Gasteiger partial charge on any atom is -0.352 e. The molecule has 0 fully saturated rings. The topological polar surface area (TPSA) is 86.8 Å². The molecule has 0 aromatic heterocycles. The summed E-state index contributed by atoms with van der Waals surface area (Å²) in [5, 5.41) is 3.42. The van der Waals surface area contributed by atoms with Crippen LogP contribution in [0.1, 0.15) is 25.0 Å². The number of anilines is 1. The first kappa shape index (κ1) is 29.9. The Kier molecular flexibility index (Phi) is 10.6. The van der Waals surface area contributed by atoms with Gasteiger partial charge in [0.25, 0.3) is 0 Å². The quantitative estimate of drug-likeness (QED) is 0.296. The van der Waals surface area contributed by atoms with Gasteiger partial charge in [-0.2, -0.15) is 0 Å². The van der Waals surface area contributed by atoms with Gasteiger partial charge in [0.2, 0.25) is 21.8 Å². The molecule has 0 aliphatic rings. The Labute approximate surface area is 243 Å². The Balaban J connectivity index is 2.05. The third-order valence-corrected chi connectivity index (χ3v) is 7.83. The number of halogens is 2. The van der Waals surface area contributed by atoms with Crippen LogP contribution in [0.15, 0.2) is 78.9 Å². The summed E-state index contributed by atoms with van der Waals surface area (Å²) in [6, 6.07) is 22.3. The molecule has 3 aromatic rings. The maximum absolute atomic E-state index is 14.0. The van der Waals surface area contributed by atoms with Crippen LogP contribution in [-0.4, -0.2) is 50.0 Å². The zero-order chi connectivity index (χ0) is 27.9. The summed E-state index contributed by atoms with van der Waals surface area (Å²) in [5.41, 5.74) is 1.97. The lowest BCUT2D eigenvalue weighted by Crippen LogP contribution is -2.54. The molecule has 1 N–H and O–H groups in total. The van der Waals surface area contributed by atoms with E-state index in [0.717, 1.165) is 25.3 Å². The van der Waals surface area contributed by atoms with Crippen molar-refractivity contribution in [2.75, 3.05) is 17.1 Å². The molecular weight excluding hydrogens is 637 g/mol. The van der Waals surface area contributed by atoms with E-state index in [4.69, 9.17) is 11.6 Å². The van der Waals surface area contributed by atoms with Gasteiger partial charge in [0.05, 0.1) is 11.9 Å². The van der Waals surface area contributed by atoms with Crippen LogP contribution in [0.3, 0.4) is 0 Å². The van der Waals surface area contributed by atoms with E-state index >= 15 is 0 Å². The molecule has 0 saturated heterocycles. The molecule has 0 aliphatic heterocycles. The molecule has 10 heteroatoms. The third-order valence-electron chi connectivity index (χ3n) is 5.74. The van der Waals surface area contributed by atoms with Crippen LogP contribution >= 0.6 is 34.2 Å². The van der Waals surface area contributed by atoms with Crippen LogP contribution in [0, 0.1) is 3.57 Å². The van der Waals surface area contributed by atoms with Gasteiger partial charge in [-0.15, -0.1) is 0 Å². The van der Waals surface area contributed by atoms with Gasteiger partial charge in [0.1, 0.15) is 12.6 Å². The monoisotopic (exact) mass is 667 g/mol. The molecule has 0 radical (unpaired) electrons. The van der Waals surface area contributed by atoms with E-state index in [2.05, 4.69) is 27.9 Å². The number of hydrogen-bond acceptors (Lipinski definition) is 4. The summed E-state index contributed by atoms with van der Waals surface area (Å²) in [5.74, 6) is -0.826. The van der Waals surface area contributed by atoms with Gasteiger partial charge in [-0.05, 0) is 84.0 Å². The van der Waals surface area contributed by atoms with Crippen LogP contribution in [0.5, 0.6) is 0 Å². The fourth-order valence-corrected chi connectivity index (χ4v) is 5.41. The molecule has 3 aromatic carbocycles. The molecule has 3 rings (SSSR count). The molecule has 0 saturated carbocycles. The van der Waals surface area contributed by atoms with Crippen molar-refractivity contribution in [2.24, 2.45) is 0 Å². The van der Waals surface area contributed by atoms with Crippen molar-refractivity contribution in [2.45, 2.75) is 38.9 Å². The normalized spacial score (nSPS) is 12.2. The summed E-state index contributed by atoms with van der Waals surface area (Å²) in [7, 11) is -3.80. The number of nitrogens with one attached hydrogen (secondary N) is 1. The second-order valence-corrected chi connectivity index (χ2v) is 12.9. The lowest BCUT2D eigenvalue weighted by molar-refractivity contribution is -0.140. The number of sulfonamides is 1. The summed E-state index contributed by atoms with van der Waals surface area (Å²) in [4.78, 5) is 28.9. The molecule has 38 heavy (non-hydrogen) atoms. The van der Waals surface area contributed by atoms with Gasteiger partial charge < -0.3 is 10.2 Å². The van der Waals surface area contributed by atoms with Crippen LogP contribution in [0.25, 0.3) is 0 Å². The Bertz CT molecular complexity index is 1350. The highest BCUT2D eigenvalue weighted by atomic mass is 127. The first-order valence-corrected chi connectivity index (χ1v) is 15.4. The minimum atomic E-state index is -3.80. The first-order valence-electron chi connectivity index (χ1n) is 12.1. The third kappa shape index (κ3) is 8.71. The Hall–Kier alpha value is -2.63. The van der Waals surface area contributed by atoms with Crippen molar-refractivity contribution in [3.63, 3.8) is 0 Å². The molecule has 2 amide bonds. The number of nitrogens with zero attached hydrogens (tertiary/aromatic N) is 2. The Morgan fingerprint density at radius 3 is 2.16 bits per heavy atom. The highest BCUT2D eigenvalue weighted by molar-refractivity contribution is 14.1. The molecular formula is C28H31ClIN3O4S. The number of hydrogen-bond donors (Lipinski definition) is 1. The summed E-state index contributed by atoms with van der Waals surface area (Å²) in [6.45, 7) is 3.32. The minimum absolute atomic E-state index is 0.0761. The van der Waals surface area contributed by atoms with Gasteiger partial charge in [-0.3, -0.25) is 13.9 Å². The maximum atomic E-state index is 14.0. The van der Waals surface area contributed by atoms with E-state index in [9.17, 15) is 18.0 Å². The van der Waals surface area contributed by atoms with Crippen molar-refractivity contribution in [1.29, 1.82) is 0 Å². The molecule has 0 heterocycles. The van der Waals surface area contributed by atoms with E-state index in [0.29, 0.717) is 10.7 Å². The Morgan fingerprint density at radius 2 is 1.58 bits per heavy atom. The SMILES string of the molecule is CC(C)NC(=O)C(Cc1ccccc1)N(Cc1cccc(Cl)c1)C(=O)CN(c1ccc(I)cc1)S(C)(=O)=O. The largest absolute Gasteiger partial charge is 0.352 e. The standard InChI is InChI=1S/C28H31ClIN3O4S/c1-20(2)31-28(35)26(17-21-8-5-4-6-9-21)32(18-22-10-7-11-23(29)16-22)27(34)19-33(38(3,36)37)25-14-12-24(30)13-15-25/h4-16,20,26H,17-19H2,1-3H3,(H,31,35). The molecule has 1 unspecified atom stereocenters. The number of amides is 2. The van der Waals surface area contributed by atoms with Crippen molar-refractivity contribution in [3.8, 4) is 0 Å². The van der Waals surface area contributed by atoms with Crippen molar-refractivity contribution in [1.82, 2.24) is 10.2 Å². The van der Waals surface area contributed by atoms with E-state index in [-0.39, 0.29) is 24.9 Å².